The highest BCUT2D eigenvalue weighted by atomic mass is 19.2. The number of carbonyl (C=O) groups is 2. The molecule has 0 spiro atoms. The average molecular weight is 270 g/mol. The summed E-state index contributed by atoms with van der Waals surface area (Å²) in [7, 11) is 0. The van der Waals surface area contributed by atoms with Gasteiger partial charge < -0.3 is 4.74 Å². The lowest BCUT2D eigenvalue weighted by Crippen LogP contribution is -2.27. The fourth-order valence-corrected chi connectivity index (χ4v) is 1.70. The largest absolute Gasteiger partial charge is 0.465 e. The van der Waals surface area contributed by atoms with Gasteiger partial charge in [0.1, 0.15) is 11.7 Å². The van der Waals surface area contributed by atoms with Crippen LogP contribution >= 0.6 is 0 Å². The summed E-state index contributed by atoms with van der Waals surface area (Å²) in [5.74, 6) is -4.22. The Morgan fingerprint density at radius 1 is 1.26 bits per heavy atom. The molecular formula is C14H16F2O3. The lowest BCUT2D eigenvalue weighted by molar-refractivity contribution is -0.151. The molecule has 0 radical (unpaired) electrons. The molecule has 0 aliphatic rings. The zero-order valence-corrected chi connectivity index (χ0v) is 11.1. The summed E-state index contributed by atoms with van der Waals surface area (Å²) < 4.78 is 31.9. The Morgan fingerprint density at radius 2 is 1.89 bits per heavy atom. The van der Waals surface area contributed by atoms with Crippen molar-refractivity contribution in [3.05, 3.63) is 34.9 Å². The highest BCUT2D eigenvalue weighted by molar-refractivity contribution is 5.98. The third-order valence-electron chi connectivity index (χ3n) is 2.84. The third-order valence-corrected chi connectivity index (χ3v) is 2.84. The molecule has 0 bridgehead atoms. The third kappa shape index (κ3) is 3.59. The highest BCUT2D eigenvalue weighted by Gasteiger charge is 2.27. The number of carbonyl (C=O) groups excluding carboxylic acids is 2. The molecule has 0 saturated heterocycles. The van der Waals surface area contributed by atoms with Crippen molar-refractivity contribution >= 4 is 11.8 Å². The van der Waals surface area contributed by atoms with Gasteiger partial charge in [-0.05, 0) is 38.3 Å². The van der Waals surface area contributed by atoms with E-state index in [-0.39, 0.29) is 24.2 Å². The van der Waals surface area contributed by atoms with Crippen LogP contribution in [0.5, 0.6) is 0 Å². The van der Waals surface area contributed by atoms with Crippen molar-refractivity contribution < 1.29 is 23.1 Å². The maximum absolute atomic E-state index is 13.7. The summed E-state index contributed by atoms with van der Waals surface area (Å²) in [4.78, 5) is 23.0. The first kappa shape index (κ1) is 15.3. The minimum atomic E-state index is -1.10. The van der Waals surface area contributed by atoms with Crippen molar-refractivity contribution in [2.24, 2.45) is 5.92 Å². The minimum Gasteiger partial charge on any atom is -0.465 e. The van der Waals surface area contributed by atoms with Gasteiger partial charge >= 0.3 is 5.97 Å². The molecular weight excluding hydrogens is 254 g/mol. The van der Waals surface area contributed by atoms with Crippen LogP contribution in [0.25, 0.3) is 0 Å². The normalized spacial score (nSPS) is 12.1. The summed E-state index contributed by atoms with van der Waals surface area (Å²) in [5.41, 5.74) is 0.174. The average Bonchev–Trinajstić information content (AvgIpc) is 2.35. The Morgan fingerprint density at radius 3 is 2.42 bits per heavy atom. The number of ether oxygens (including phenoxy) is 1. The van der Waals surface area contributed by atoms with E-state index < -0.39 is 29.3 Å². The number of aryl methyl sites for hydroxylation is 1. The van der Waals surface area contributed by atoms with Crippen LogP contribution in [0.3, 0.4) is 0 Å². The molecule has 1 unspecified atom stereocenters. The summed E-state index contributed by atoms with van der Waals surface area (Å²) in [6, 6.07) is 2.79. The Bertz CT molecular complexity index is 498. The van der Waals surface area contributed by atoms with Crippen LogP contribution in [0, 0.1) is 24.5 Å². The summed E-state index contributed by atoms with van der Waals surface area (Å²) in [6.45, 7) is 4.41. The second-order valence-electron chi connectivity index (χ2n) is 4.29. The second-order valence-corrected chi connectivity index (χ2v) is 4.29. The Labute approximate surface area is 110 Å². The molecule has 0 aliphatic carbocycles. The number of halogens is 2. The number of Topliss-reactive ketones (excluding diaryl/α,β-unsaturated/α-hetero) is 1. The molecule has 5 heteroatoms. The smallest absolute Gasteiger partial charge is 0.316 e. The molecule has 0 heterocycles. The van der Waals surface area contributed by atoms with E-state index in [2.05, 4.69) is 0 Å². The molecule has 1 aromatic carbocycles. The lowest BCUT2D eigenvalue weighted by atomic mass is 9.95. The molecule has 1 atom stereocenters. The van der Waals surface area contributed by atoms with Crippen molar-refractivity contribution in [2.45, 2.75) is 27.2 Å². The monoisotopic (exact) mass is 270 g/mol. The Hall–Kier alpha value is -1.78. The van der Waals surface area contributed by atoms with Gasteiger partial charge in [0.2, 0.25) is 0 Å². The molecule has 0 amide bonds. The number of rotatable bonds is 5. The van der Waals surface area contributed by atoms with Crippen LogP contribution in [-0.2, 0) is 20.7 Å². The highest BCUT2D eigenvalue weighted by Crippen LogP contribution is 2.20. The van der Waals surface area contributed by atoms with Crippen LogP contribution in [0.1, 0.15) is 25.0 Å². The van der Waals surface area contributed by atoms with E-state index in [4.69, 9.17) is 4.74 Å². The molecule has 1 aromatic rings. The van der Waals surface area contributed by atoms with Crippen molar-refractivity contribution in [3.8, 4) is 0 Å². The Balaban J connectivity index is 3.01. The quantitative estimate of drug-likeness (QED) is 0.610. The van der Waals surface area contributed by atoms with Crippen LogP contribution < -0.4 is 0 Å². The molecule has 0 fully saturated rings. The first-order valence-corrected chi connectivity index (χ1v) is 5.99. The molecule has 0 N–H and O–H groups in total. The predicted octanol–water partition coefficient (Wildman–Crippen LogP) is 2.58. The number of ketones is 1. The molecule has 104 valence electrons. The van der Waals surface area contributed by atoms with E-state index in [1.54, 1.807) is 6.92 Å². The molecule has 19 heavy (non-hydrogen) atoms. The number of benzene rings is 1. The summed E-state index contributed by atoms with van der Waals surface area (Å²) >= 11 is 0. The zero-order chi connectivity index (χ0) is 14.6. The summed E-state index contributed by atoms with van der Waals surface area (Å²) in [6.07, 6.45) is -0.197. The van der Waals surface area contributed by atoms with Crippen LogP contribution in [0.4, 0.5) is 8.78 Å². The van der Waals surface area contributed by atoms with E-state index in [0.29, 0.717) is 0 Å². The standard InChI is InChI=1S/C14H16F2O3/c1-4-19-14(18)11(9(3)17)7-10-6-5-8(2)12(15)13(10)16/h5-6,11H,4,7H2,1-3H3. The van der Waals surface area contributed by atoms with Crippen molar-refractivity contribution in [1.29, 1.82) is 0 Å². The second kappa shape index (κ2) is 6.41. The molecule has 1 rings (SSSR count). The molecule has 0 aromatic heterocycles. The van der Waals surface area contributed by atoms with E-state index in [1.165, 1.54) is 26.0 Å². The van der Waals surface area contributed by atoms with E-state index in [9.17, 15) is 18.4 Å². The molecule has 0 saturated carbocycles. The minimum absolute atomic E-state index is 0.00338. The first-order chi connectivity index (χ1) is 8.88. The predicted molar refractivity (Wildman–Crippen MR) is 65.6 cm³/mol. The van der Waals surface area contributed by atoms with Gasteiger partial charge in [-0.25, -0.2) is 8.78 Å². The van der Waals surface area contributed by atoms with Crippen molar-refractivity contribution in [3.63, 3.8) is 0 Å². The van der Waals surface area contributed by atoms with Crippen molar-refractivity contribution in [1.82, 2.24) is 0 Å². The number of hydrogen-bond acceptors (Lipinski definition) is 3. The number of esters is 1. The van der Waals surface area contributed by atoms with Crippen LogP contribution in [0.2, 0.25) is 0 Å². The van der Waals surface area contributed by atoms with Gasteiger partial charge in [-0.1, -0.05) is 12.1 Å². The fourth-order valence-electron chi connectivity index (χ4n) is 1.70. The number of hydrogen-bond donors (Lipinski definition) is 0. The summed E-state index contributed by atoms with van der Waals surface area (Å²) in [5, 5.41) is 0. The van der Waals surface area contributed by atoms with Gasteiger partial charge in [0, 0.05) is 0 Å². The Kier molecular flexibility index (Phi) is 5.15. The lowest BCUT2D eigenvalue weighted by Gasteiger charge is -2.13. The van der Waals surface area contributed by atoms with Crippen LogP contribution in [-0.4, -0.2) is 18.4 Å². The van der Waals surface area contributed by atoms with E-state index >= 15 is 0 Å². The zero-order valence-electron chi connectivity index (χ0n) is 11.1. The van der Waals surface area contributed by atoms with Gasteiger partial charge in [0.15, 0.2) is 11.6 Å². The maximum atomic E-state index is 13.7. The van der Waals surface area contributed by atoms with Crippen LogP contribution in [0.15, 0.2) is 12.1 Å². The van der Waals surface area contributed by atoms with Crippen molar-refractivity contribution in [2.75, 3.05) is 6.61 Å². The van der Waals surface area contributed by atoms with Gasteiger partial charge in [-0.15, -0.1) is 0 Å². The van der Waals surface area contributed by atoms with E-state index in [0.717, 1.165) is 0 Å². The molecule has 3 nitrogen and oxygen atoms in total. The van der Waals surface area contributed by atoms with Gasteiger partial charge in [0.05, 0.1) is 6.61 Å². The van der Waals surface area contributed by atoms with Gasteiger partial charge in [-0.2, -0.15) is 0 Å². The molecule has 0 aliphatic heterocycles. The first-order valence-electron chi connectivity index (χ1n) is 5.99. The van der Waals surface area contributed by atoms with E-state index in [1.807, 2.05) is 0 Å². The SMILES string of the molecule is CCOC(=O)C(Cc1ccc(C)c(F)c1F)C(C)=O. The van der Waals surface area contributed by atoms with Gasteiger partial charge in [0.25, 0.3) is 0 Å². The van der Waals surface area contributed by atoms with Gasteiger partial charge in [-0.3, -0.25) is 9.59 Å². The topological polar surface area (TPSA) is 43.4 Å². The maximum Gasteiger partial charge on any atom is 0.316 e. The fraction of sp³-hybridized carbons (Fsp3) is 0.429.